The van der Waals surface area contributed by atoms with Gasteiger partial charge in [-0.2, -0.15) is 0 Å². The molecule has 2 atom stereocenters. The zero-order valence-electron chi connectivity index (χ0n) is 12.1. The Kier molecular flexibility index (Phi) is 4.02. The second-order valence-electron chi connectivity index (χ2n) is 5.40. The molecule has 0 aliphatic carbocycles. The first-order valence-corrected chi connectivity index (χ1v) is 7.26. The lowest BCUT2D eigenvalue weighted by Gasteiger charge is -2.35. The monoisotopic (exact) mass is 288 g/mol. The summed E-state index contributed by atoms with van der Waals surface area (Å²) < 4.78 is 0. The van der Waals surface area contributed by atoms with Gasteiger partial charge in [-0.25, -0.2) is 4.85 Å². The number of hydrogen-bond donors (Lipinski definition) is 1. The predicted molar refractivity (Wildman–Crippen MR) is 87.3 cm³/mol. The maximum atomic E-state index is 11.8. The van der Waals surface area contributed by atoms with E-state index in [2.05, 4.69) is 10.2 Å². The molecule has 1 N–H and O–H groups in total. The van der Waals surface area contributed by atoms with Crippen molar-refractivity contribution in [3.8, 4) is 0 Å². The quantitative estimate of drug-likeness (QED) is 0.676. The summed E-state index contributed by atoms with van der Waals surface area (Å²) in [4.78, 5) is 15.2. The second kappa shape index (κ2) is 6.28. The molecule has 22 heavy (non-hydrogen) atoms. The van der Waals surface area contributed by atoms with E-state index in [1.807, 2.05) is 60.7 Å². The van der Waals surface area contributed by atoms with Crippen molar-refractivity contribution in [1.82, 2.24) is 5.32 Å². The number of amides is 1. The van der Waals surface area contributed by atoms with Crippen LogP contribution in [-0.4, -0.2) is 11.9 Å². The van der Waals surface area contributed by atoms with E-state index in [1.54, 1.807) is 6.07 Å². The lowest BCUT2D eigenvalue weighted by Crippen LogP contribution is -2.57. The zero-order chi connectivity index (χ0) is 15.4. The Morgan fingerprint density at radius 2 is 1.95 bits per heavy atom. The molecule has 3 nitrogen and oxygen atoms in total. The maximum absolute atomic E-state index is 11.8. The number of carbonyl (C=O) groups is 1. The Bertz CT molecular complexity index is 744. The van der Waals surface area contributed by atoms with Gasteiger partial charge in [0.2, 0.25) is 5.91 Å². The van der Waals surface area contributed by atoms with Gasteiger partial charge in [0.05, 0.1) is 18.5 Å². The topological polar surface area (TPSA) is 33.5 Å². The lowest BCUT2D eigenvalue weighted by atomic mass is 9.84. The third kappa shape index (κ3) is 3.07. The Labute approximate surface area is 130 Å². The highest BCUT2D eigenvalue weighted by molar-refractivity contribution is 5.87. The Balaban J connectivity index is 1.69. The van der Waals surface area contributed by atoms with E-state index in [-0.39, 0.29) is 17.9 Å². The minimum absolute atomic E-state index is 0.0547. The van der Waals surface area contributed by atoms with Crippen molar-refractivity contribution in [3.63, 3.8) is 0 Å². The highest BCUT2D eigenvalue weighted by atomic mass is 16.2. The van der Waals surface area contributed by atoms with Crippen LogP contribution in [0.5, 0.6) is 0 Å². The lowest BCUT2D eigenvalue weighted by molar-refractivity contribution is -0.133. The normalized spacial score (nSPS) is 20.2. The van der Waals surface area contributed by atoms with Gasteiger partial charge in [-0.05, 0) is 12.0 Å². The largest absolute Gasteiger partial charge is 0.349 e. The van der Waals surface area contributed by atoms with E-state index in [9.17, 15) is 4.79 Å². The predicted octanol–water partition coefficient (Wildman–Crippen LogP) is 3.61. The van der Waals surface area contributed by atoms with Crippen LogP contribution < -0.4 is 5.32 Å². The number of hydrogen-bond acceptors (Lipinski definition) is 1. The van der Waals surface area contributed by atoms with Crippen molar-refractivity contribution in [1.29, 1.82) is 0 Å². The fourth-order valence-corrected chi connectivity index (χ4v) is 2.63. The Hall–Kier alpha value is -2.86. The van der Waals surface area contributed by atoms with Crippen LogP contribution in [0.3, 0.4) is 0 Å². The third-order valence-corrected chi connectivity index (χ3v) is 3.87. The van der Waals surface area contributed by atoms with Crippen LogP contribution in [0.25, 0.3) is 10.9 Å². The van der Waals surface area contributed by atoms with E-state index >= 15 is 0 Å². The summed E-state index contributed by atoms with van der Waals surface area (Å²) in [6.45, 7) is 7.06. The summed E-state index contributed by atoms with van der Waals surface area (Å²) in [5.41, 5.74) is 2.78. The van der Waals surface area contributed by atoms with Crippen molar-refractivity contribution in [2.45, 2.75) is 12.5 Å². The van der Waals surface area contributed by atoms with Crippen molar-refractivity contribution in [3.05, 3.63) is 83.2 Å². The summed E-state index contributed by atoms with van der Waals surface area (Å²) in [6.07, 6.45) is 4.74. The number of benzene rings is 2. The van der Waals surface area contributed by atoms with Gasteiger partial charge < -0.3 is 5.32 Å². The molecular formula is C19H16N2O. The van der Waals surface area contributed by atoms with Gasteiger partial charge in [0.15, 0.2) is 5.69 Å². The molecule has 1 heterocycles. The third-order valence-electron chi connectivity index (χ3n) is 3.87. The summed E-state index contributed by atoms with van der Waals surface area (Å²) in [7, 11) is 0. The first kappa shape index (κ1) is 14.1. The minimum atomic E-state index is -0.0547. The number of rotatable bonds is 4. The Morgan fingerprint density at radius 3 is 2.68 bits per heavy atom. The molecule has 3 rings (SSSR count). The molecule has 0 radical (unpaired) electrons. The van der Waals surface area contributed by atoms with Gasteiger partial charge in [-0.3, -0.25) is 4.79 Å². The number of nitrogens with one attached hydrogen (secondary N) is 1. The molecule has 2 aromatic carbocycles. The molecule has 0 spiro atoms. The summed E-state index contributed by atoms with van der Waals surface area (Å²) in [6, 6.07) is 17.6. The number of nitrogens with zero attached hydrogens (tertiary/aromatic N) is 1. The summed E-state index contributed by atoms with van der Waals surface area (Å²) >= 11 is 0. The van der Waals surface area contributed by atoms with Crippen LogP contribution in [0.15, 0.2) is 60.7 Å². The van der Waals surface area contributed by atoms with Crippen molar-refractivity contribution in [2.75, 3.05) is 0 Å². The SMILES string of the molecule is [C-]#[N+]c1cccc(C[C@H]2C(=O)NC2/C=C/c2ccccc2)c1. The van der Waals surface area contributed by atoms with Crippen LogP contribution in [-0.2, 0) is 11.2 Å². The van der Waals surface area contributed by atoms with Gasteiger partial charge in [-0.15, -0.1) is 0 Å². The van der Waals surface area contributed by atoms with E-state index in [0.29, 0.717) is 12.1 Å². The molecular weight excluding hydrogens is 272 g/mol. The fraction of sp³-hybridized carbons (Fsp3) is 0.158. The maximum Gasteiger partial charge on any atom is 0.226 e. The summed E-state index contributed by atoms with van der Waals surface area (Å²) in [5.74, 6) is 0.0249. The molecule has 108 valence electrons. The average Bonchev–Trinajstić information content (AvgIpc) is 2.57. The van der Waals surface area contributed by atoms with Crippen molar-refractivity contribution in [2.24, 2.45) is 5.92 Å². The van der Waals surface area contributed by atoms with E-state index in [0.717, 1.165) is 11.1 Å². The number of β-lactam (4-membered cyclic amide) rings is 1. The molecule has 0 bridgehead atoms. The van der Waals surface area contributed by atoms with Crippen LogP contribution in [0.4, 0.5) is 5.69 Å². The number of carbonyl (C=O) groups excluding carboxylic acids is 1. The van der Waals surface area contributed by atoms with E-state index in [1.165, 1.54) is 0 Å². The minimum Gasteiger partial charge on any atom is -0.349 e. The highest BCUT2D eigenvalue weighted by Crippen LogP contribution is 2.24. The molecule has 1 aliphatic rings. The first-order chi connectivity index (χ1) is 10.8. The fourth-order valence-electron chi connectivity index (χ4n) is 2.63. The van der Waals surface area contributed by atoms with E-state index in [4.69, 9.17) is 6.57 Å². The van der Waals surface area contributed by atoms with Crippen LogP contribution in [0.1, 0.15) is 11.1 Å². The Morgan fingerprint density at radius 1 is 1.14 bits per heavy atom. The molecule has 3 heteroatoms. The standard InChI is InChI=1S/C19H16N2O/c1-20-16-9-5-8-15(12-16)13-17-18(21-19(17)22)11-10-14-6-3-2-4-7-14/h2-12,17-18H,13H2,(H,21,22)/b11-10+/t17-,18?/m1/s1. The van der Waals surface area contributed by atoms with Crippen molar-refractivity contribution < 1.29 is 4.79 Å². The van der Waals surface area contributed by atoms with Gasteiger partial charge >= 0.3 is 0 Å². The van der Waals surface area contributed by atoms with Gasteiger partial charge in [-0.1, -0.05) is 72.3 Å². The van der Waals surface area contributed by atoms with Crippen LogP contribution in [0.2, 0.25) is 0 Å². The van der Waals surface area contributed by atoms with Gasteiger partial charge in [0.25, 0.3) is 0 Å². The molecule has 1 fully saturated rings. The van der Waals surface area contributed by atoms with Gasteiger partial charge in [0.1, 0.15) is 0 Å². The first-order valence-electron chi connectivity index (χ1n) is 7.26. The molecule has 1 saturated heterocycles. The highest BCUT2D eigenvalue weighted by Gasteiger charge is 2.37. The smallest absolute Gasteiger partial charge is 0.226 e. The summed E-state index contributed by atoms with van der Waals surface area (Å²) in [5, 5.41) is 2.93. The van der Waals surface area contributed by atoms with Crippen LogP contribution in [0, 0.1) is 12.5 Å². The van der Waals surface area contributed by atoms with Crippen molar-refractivity contribution >= 4 is 17.7 Å². The molecule has 1 amide bonds. The second-order valence-corrected chi connectivity index (χ2v) is 5.40. The molecule has 0 saturated carbocycles. The molecule has 1 unspecified atom stereocenters. The van der Waals surface area contributed by atoms with E-state index < -0.39 is 0 Å². The molecule has 1 aliphatic heterocycles. The van der Waals surface area contributed by atoms with Gasteiger partial charge in [0, 0.05) is 0 Å². The molecule has 2 aromatic rings. The zero-order valence-corrected chi connectivity index (χ0v) is 12.1. The molecule has 0 aromatic heterocycles. The van der Waals surface area contributed by atoms with Crippen LogP contribution >= 0.6 is 0 Å². The average molecular weight is 288 g/mol.